The van der Waals surface area contributed by atoms with Crippen LogP contribution in [0.5, 0.6) is 0 Å². The van der Waals surface area contributed by atoms with Crippen LogP contribution in [0, 0.1) is 5.92 Å². The number of Topliss-reactive ketones (excluding diaryl/α,β-unsaturated/α-hetero) is 1. The summed E-state index contributed by atoms with van der Waals surface area (Å²) in [5.74, 6) is 1.10. The van der Waals surface area contributed by atoms with Crippen LogP contribution in [-0.4, -0.2) is 25.7 Å². The molecule has 1 aliphatic rings. The molecule has 4 nitrogen and oxygen atoms in total. The number of hydrogen-bond donors (Lipinski definition) is 0. The smallest absolute Gasteiger partial charge is 0.150 e. The molecule has 1 unspecified atom stereocenters. The van der Waals surface area contributed by atoms with Crippen molar-refractivity contribution in [2.24, 2.45) is 5.92 Å². The molecular weight excluding hydrogens is 228 g/mol. The van der Waals surface area contributed by atoms with Crippen LogP contribution in [-0.2, 0) is 21.1 Å². The van der Waals surface area contributed by atoms with E-state index in [0.29, 0.717) is 18.6 Å². The number of rotatable bonds is 4. The van der Waals surface area contributed by atoms with Gasteiger partial charge in [0.05, 0.1) is 24.2 Å². The van der Waals surface area contributed by atoms with Crippen LogP contribution in [0.3, 0.4) is 0 Å². The van der Waals surface area contributed by atoms with E-state index in [-0.39, 0.29) is 29.6 Å². The molecule has 1 fully saturated rings. The highest BCUT2D eigenvalue weighted by Crippen LogP contribution is 2.22. The molecule has 1 atom stereocenters. The van der Waals surface area contributed by atoms with Gasteiger partial charge in [0.25, 0.3) is 0 Å². The molecule has 88 valence electrons. The Kier molecular flexibility index (Phi) is 3.14. The second kappa shape index (κ2) is 4.41. The fraction of sp³-hybridized carbons (Fsp3) is 0.545. The molecule has 0 spiro atoms. The number of carbonyl (C=O) groups is 1. The van der Waals surface area contributed by atoms with Gasteiger partial charge in [-0.1, -0.05) is 0 Å². The van der Waals surface area contributed by atoms with Crippen molar-refractivity contribution in [2.45, 2.75) is 19.3 Å². The molecule has 0 bridgehead atoms. The van der Waals surface area contributed by atoms with Crippen molar-refractivity contribution in [3.8, 4) is 0 Å². The lowest BCUT2D eigenvalue weighted by molar-refractivity contribution is -0.119. The lowest BCUT2D eigenvalue weighted by Gasteiger charge is -2.04. The first-order chi connectivity index (χ1) is 7.55. The van der Waals surface area contributed by atoms with Gasteiger partial charge >= 0.3 is 0 Å². The van der Waals surface area contributed by atoms with E-state index in [0.717, 1.165) is 0 Å². The highest BCUT2D eigenvalue weighted by atomic mass is 32.2. The molecule has 1 aromatic rings. The minimum absolute atomic E-state index is 0.00691. The van der Waals surface area contributed by atoms with E-state index in [2.05, 4.69) is 0 Å². The first-order valence-electron chi connectivity index (χ1n) is 5.30. The summed E-state index contributed by atoms with van der Waals surface area (Å²) in [5, 5.41) is 0. The van der Waals surface area contributed by atoms with Gasteiger partial charge in [-0.15, -0.1) is 0 Å². The third kappa shape index (κ3) is 2.95. The molecule has 2 heterocycles. The average molecular weight is 242 g/mol. The molecule has 0 aliphatic carbocycles. The normalized spacial score (nSPS) is 23.4. The average Bonchev–Trinajstić information content (AvgIpc) is 2.76. The molecule has 1 aliphatic heterocycles. The van der Waals surface area contributed by atoms with Crippen molar-refractivity contribution in [2.75, 3.05) is 11.5 Å². The zero-order chi connectivity index (χ0) is 11.6. The van der Waals surface area contributed by atoms with Crippen LogP contribution in [0.1, 0.15) is 18.6 Å². The molecule has 5 heteroatoms. The highest BCUT2D eigenvalue weighted by Gasteiger charge is 2.29. The zero-order valence-electron chi connectivity index (χ0n) is 8.89. The van der Waals surface area contributed by atoms with Crippen LogP contribution < -0.4 is 0 Å². The van der Waals surface area contributed by atoms with E-state index in [1.165, 1.54) is 6.26 Å². The van der Waals surface area contributed by atoms with E-state index in [1.807, 2.05) is 0 Å². The molecule has 0 aromatic carbocycles. The summed E-state index contributed by atoms with van der Waals surface area (Å²) < 4.78 is 27.5. The Morgan fingerprint density at radius 1 is 1.50 bits per heavy atom. The van der Waals surface area contributed by atoms with Crippen molar-refractivity contribution in [1.82, 2.24) is 0 Å². The lowest BCUT2D eigenvalue weighted by Crippen LogP contribution is -2.12. The predicted molar refractivity (Wildman–Crippen MR) is 58.8 cm³/mol. The van der Waals surface area contributed by atoms with Gasteiger partial charge in [0.2, 0.25) is 0 Å². The maximum atomic E-state index is 11.6. The second-order valence-electron chi connectivity index (χ2n) is 4.27. The number of ketones is 1. The van der Waals surface area contributed by atoms with Crippen molar-refractivity contribution in [3.63, 3.8) is 0 Å². The monoisotopic (exact) mass is 242 g/mol. The molecule has 0 radical (unpaired) electrons. The molecule has 2 rings (SSSR count). The van der Waals surface area contributed by atoms with Crippen molar-refractivity contribution in [1.29, 1.82) is 0 Å². The van der Waals surface area contributed by atoms with E-state index >= 15 is 0 Å². The number of sulfone groups is 1. The predicted octanol–water partition coefficient (Wildman–Crippen LogP) is 1.22. The summed E-state index contributed by atoms with van der Waals surface area (Å²) in [6.45, 7) is 0. The van der Waals surface area contributed by atoms with Gasteiger partial charge in [-0.2, -0.15) is 0 Å². The van der Waals surface area contributed by atoms with Crippen molar-refractivity contribution >= 4 is 15.6 Å². The summed E-state index contributed by atoms with van der Waals surface area (Å²) in [4.78, 5) is 11.6. The summed E-state index contributed by atoms with van der Waals surface area (Å²) in [5.41, 5.74) is 0. The van der Waals surface area contributed by atoms with Crippen LogP contribution >= 0.6 is 0 Å². The van der Waals surface area contributed by atoms with E-state index < -0.39 is 9.84 Å². The van der Waals surface area contributed by atoms with Crippen LogP contribution in [0.2, 0.25) is 0 Å². The summed E-state index contributed by atoms with van der Waals surface area (Å²) in [6, 6.07) is 3.49. The molecule has 16 heavy (non-hydrogen) atoms. The van der Waals surface area contributed by atoms with Crippen LogP contribution in [0.15, 0.2) is 22.8 Å². The van der Waals surface area contributed by atoms with Crippen LogP contribution in [0.4, 0.5) is 0 Å². The first-order valence-corrected chi connectivity index (χ1v) is 7.12. The molecule has 1 saturated heterocycles. The standard InChI is InChI=1S/C11H14O4S/c12-10(7-11-2-1-4-15-11)6-9-3-5-16(13,14)8-9/h1-2,4,9H,3,5-8H2. The third-order valence-corrected chi connectivity index (χ3v) is 4.63. The number of hydrogen-bond acceptors (Lipinski definition) is 4. The van der Waals surface area contributed by atoms with Gasteiger partial charge in [0.1, 0.15) is 11.5 Å². The van der Waals surface area contributed by atoms with Gasteiger partial charge < -0.3 is 4.42 Å². The Morgan fingerprint density at radius 3 is 2.88 bits per heavy atom. The Morgan fingerprint density at radius 2 is 2.31 bits per heavy atom. The van der Waals surface area contributed by atoms with Gasteiger partial charge in [-0.3, -0.25) is 4.79 Å². The Hall–Kier alpha value is -1.10. The Balaban J connectivity index is 1.85. The lowest BCUT2D eigenvalue weighted by atomic mass is 10.00. The summed E-state index contributed by atoms with van der Waals surface area (Å²) in [7, 11) is -2.88. The fourth-order valence-electron chi connectivity index (χ4n) is 2.03. The van der Waals surface area contributed by atoms with Crippen molar-refractivity contribution < 1.29 is 17.6 Å². The Labute approximate surface area is 94.6 Å². The molecule has 0 amide bonds. The van der Waals surface area contributed by atoms with E-state index in [1.54, 1.807) is 12.1 Å². The van der Waals surface area contributed by atoms with Gasteiger partial charge in [0.15, 0.2) is 9.84 Å². The SMILES string of the molecule is O=C(Cc1ccco1)CC1CCS(=O)(=O)C1. The van der Waals surface area contributed by atoms with Gasteiger partial charge in [0, 0.05) is 6.42 Å². The van der Waals surface area contributed by atoms with E-state index in [9.17, 15) is 13.2 Å². The minimum Gasteiger partial charge on any atom is -0.469 e. The molecule has 0 saturated carbocycles. The largest absolute Gasteiger partial charge is 0.469 e. The maximum Gasteiger partial charge on any atom is 0.150 e. The van der Waals surface area contributed by atoms with Crippen molar-refractivity contribution in [3.05, 3.63) is 24.2 Å². The number of carbonyl (C=O) groups excluding carboxylic acids is 1. The topological polar surface area (TPSA) is 64.3 Å². The summed E-state index contributed by atoms with van der Waals surface area (Å²) >= 11 is 0. The van der Waals surface area contributed by atoms with Gasteiger partial charge in [-0.25, -0.2) is 8.42 Å². The van der Waals surface area contributed by atoms with Gasteiger partial charge in [-0.05, 0) is 24.5 Å². The fourth-order valence-corrected chi connectivity index (χ4v) is 3.90. The number of furan rings is 1. The maximum absolute atomic E-state index is 11.6. The highest BCUT2D eigenvalue weighted by molar-refractivity contribution is 7.91. The first kappa shape index (κ1) is 11.4. The Bertz CT molecular complexity index is 458. The molecule has 0 N–H and O–H groups in total. The quantitative estimate of drug-likeness (QED) is 0.796. The van der Waals surface area contributed by atoms with E-state index in [4.69, 9.17) is 4.42 Å². The summed E-state index contributed by atoms with van der Waals surface area (Å²) in [6.07, 6.45) is 2.76. The third-order valence-electron chi connectivity index (χ3n) is 2.79. The molecular formula is C11H14O4S. The zero-order valence-corrected chi connectivity index (χ0v) is 9.70. The minimum atomic E-state index is -2.88. The second-order valence-corrected chi connectivity index (χ2v) is 6.50. The van der Waals surface area contributed by atoms with Crippen LogP contribution in [0.25, 0.3) is 0 Å². The molecule has 1 aromatic heterocycles.